The number of halogens is 1. The number of rotatable bonds is 3. The SMILES string of the molecule is CN(C)/C=C/c1nnnn1-c1ccc(F)cc1. The normalized spacial score (nSPS) is 11.0. The Hall–Kier alpha value is -2.24. The fourth-order valence-corrected chi connectivity index (χ4v) is 1.28. The third-order valence-corrected chi connectivity index (χ3v) is 2.09. The van der Waals surface area contributed by atoms with E-state index >= 15 is 0 Å². The minimum absolute atomic E-state index is 0.285. The van der Waals surface area contributed by atoms with Crippen LogP contribution < -0.4 is 0 Å². The molecular weight excluding hydrogens is 221 g/mol. The van der Waals surface area contributed by atoms with Crippen molar-refractivity contribution in [2.75, 3.05) is 14.1 Å². The molecule has 0 aliphatic carbocycles. The molecule has 0 aliphatic rings. The molecule has 0 amide bonds. The Morgan fingerprint density at radius 1 is 1.24 bits per heavy atom. The van der Waals surface area contributed by atoms with Gasteiger partial charge in [-0.1, -0.05) is 0 Å². The van der Waals surface area contributed by atoms with Crippen molar-refractivity contribution in [3.05, 3.63) is 42.1 Å². The summed E-state index contributed by atoms with van der Waals surface area (Å²) in [6, 6.07) is 5.99. The molecule has 2 rings (SSSR count). The van der Waals surface area contributed by atoms with Gasteiger partial charge in [-0.05, 0) is 34.7 Å². The van der Waals surface area contributed by atoms with Crippen molar-refractivity contribution in [2.24, 2.45) is 0 Å². The Labute approximate surface area is 98.2 Å². The molecule has 0 radical (unpaired) electrons. The number of aromatic nitrogens is 4. The standard InChI is InChI=1S/C11H12FN5/c1-16(2)8-7-11-13-14-15-17(11)10-5-3-9(12)4-6-10/h3-8H,1-2H3/b8-7+. The van der Waals surface area contributed by atoms with Crippen LogP contribution in [0.2, 0.25) is 0 Å². The molecule has 1 heterocycles. The largest absolute Gasteiger partial charge is 0.383 e. The average Bonchev–Trinajstić information content (AvgIpc) is 2.75. The molecule has 0 aliphatic heterocycles. The van der Waals surface area contributed by atoms with Gasteiger partial charge in [-0.15, -0.1) is 5.10 Å². The van der Waals surface area contributed by atoms with E-state index in [2.05, 4.69) is 15.5 Å². The summed E-state index contributed by atoms with van der Waals surface area (Å²) in [5, 5.41) is 11.3. The minimum Gasteiger partial charge on any atom is -0.383 e. The van der Waals surface area contributed by atoms with Crippen LogP contribution in [0.3, 0.4) is 0 Å². The molecule has 0 spiro atoms. The summed E-state index contributed by atoms with van der Waals surface area (Å²) in [7, 11) is 3.81. The molecule has 0 bridgehead atoms. The fourth-order valence-electron chi connectivity index (χ4n) is 1.28. The number of hydrogen-bond acceptors (Lipinski definition) is 4. The first-order valence-corrected chi connectivity index (χ1v) is 5.06. The molecule has 17 heavy (non-hydrogen) atoms. The van der Waals surface area contributed by atoms with Crippen LogP contribution in [-0.4, -0.2) is 39.2 Å². The lowest BCUT2D eigenvalue weighted by Gasteiger charge is -2.04. The third-order valence-electron chi connectivity index (χ3n) is 2.09. The van der Waals surface area contributed by atoms with E-state index in [0.29, 0.717) is 5.82 Å². The topological polar surface area (TPSA) is 46.8 Å². The lowest BCUT2D eigenvalue weighted by molar-refractivity contribution is 0.567. The molecule has 6 heteroatoms. The summed E-state index contributed by atoms with van der Waals surface area (Å²) in [5.74, 6) is 0.303. The molecule has 0 saturated heterocycles. The molecule has 0 fully saturated rings. The summed E-state index contributed by atoms with van der Waals surface area (Å²) < 4.78 is 14.3. The van der Waals surface area contributed by atoms with Gasteiger partial charge in [0.15, 0.2) is 5.82 Å². The second-order valence-electron chi connectivity index (χ2n) is 3.70. The van der Waals surface area contributed by atoms with Crippen molar-refractivity contribution in [2.45, 2.75) is 0 Å². The summed E-state index contributed by atoms with van der Waals surface area (Å²) in [4.78, 5) is 1.88. The van der Waals surface area contributed by atoms with Crippen LogP contribution in [0.5, 0.6) is 0 Å². The molecule has 0 unspecified atom stereocenters. The number of hydrogen-bond donors (Lipinski definition) is 0. The summed E-state index contributed by atoms with van der Waals surface area (Å²) in [6.45, 7) is 0. The quantitative estimate of drug-likeness (QED) is 0.802. The van der Waals surface area contributed by atoms with E-state index in [1.54, 1.807) is 22.9 Å². The Bertz CT molecular complexity index is 515. The second-order valence-corrected chi connectivity index (χ2v) is 3.70. The number of benzene rings is 1. The van der Waals surface area contributed by atoms with Crippen LogP contribution in [0.25, 0.3) is 11.8 Å². The van der Waals surface area contributed by atoms with E-state index in [4.69, 9.17) is 0 Å². The van der Waals surface area contributed by atoms with Gasteiger partial charge in [-0.2, -0.15) is 4.68 Å². The Morgan fingerprint density at radius 3 is 2.59 bits per heavy atom. The van der Waals surface area contributed by atoms with Crippen LogP contribution in [0.4, 0.5) is 4.39 Å². The van der Waals surface area contributed by atoms with Crippen molar-refractivity contribution in [3.63, 3.8) is 0 Å². The van der Waals surface area contributed by atoms with E-state index in [-0.39, 0.29) is 5.82 Å². The first-order valence-electron chi connectivity index (χ1n) is 5.06. The van der Waals surface area contributed by atoms with E-state index in [0.717, 1.165) is 5.69 Å². The molecule has 1 aromatic heterocycles. The van der Waals surface area contributed by atoms with Gasteiger partial charge in [-0.3, -0.25) is 0 Å². The van der Waals surface area contributed by atoms with Crippen molar-refractivity contribution in [3.8, 4) is 5.69 Å². The highest BCUT2D eigenvalue weighted by atomic mass is 19.1. The maximum Gasteiger partial charge on any atom is 0.181 e. The van der Waals surface area contributed by atoms with Crippen molar-refractivity contribution in [1.29, 1.82) is 0 Å². The first-order chi connectivity index (χ1) is 8.16. The second kappa shape index (κ2) is 4.73. The number of tetrazole rings is 1. The monoisotopic (exact) mass is 233 g/mol. The molecule has 0 N–H and O–H groups in total. The summed E-state index contributed by atoms with van der Waals surface area (Å²) in [5.41, 5.74) is 0.717. The minimum atomic E-state index is -0.285. The smallest absolute Gasteiger partial charge is 0.181 e. The lowest BCUT2D eigenvalue weighted by Crippen LogP contribution is -2.03. The van der Waals surface area contributed by atoms with Gasteiger partial charge in [-0.25, -0.2) is 4.39 Å². The number of nitrogens with zero attached hydrogens (tertiary/aromatic N) is 5. The van der Waals surface area contributed by atoms with Gasteiger partial charge in [0.2, 0.25) is 0 Å². The van der Waals surface area contributed by atoms with Gasteiger partial charge in [0.1, 0.15) is 5.82 Å². The highest BCUT2D eigenvalue weighted by Gasteiger charge is 2.04. The highest BCUT2D eigenvalue weighted by Crippen LogP contribution is 2.09. The van der Waals surface area contributed by atoms with Crippen molar-refractivity contribution in [1.82, 2.24) is 25.1 Å². The van der Waals surface area contributed by atoms with Gasteiger partial charge in [0.05, 0.1) is 5.69 Å². The zero-order valence-electron chi connectivity index (χ0n) is 9.58. The summed E-state index contributed by atoms with van der Waals surface area (Å²) >= 11 is 0. The first kappa shape index (κ1) is 11.3. The van der Waals surface area contributed by atoms with Crippen LogP contribution in [0, 0.1) is 5.82 Å². The van der Waals surface area contributed by atoms with Gasteiger partial charge < -0.3 is 4.90 Å². The van der Waals surface area contributed by atoms with Crippen molar-refractivity contribution >= 4 is 6.08 Å². The zero-order valence-corrected chi connectivity index (χ0v) is 9.58. The molecule has 2 aromatic rings. The highest BCUT2D eigenvalue weighted by molar-refractivity contribution is 5.43. The van der Waals surface area contributed by atoms with E-state index in [9.17, 15) is 4.39 Å². The van der Waals surface area contributed by atoms with Crippen LogP contribution in [0.15, 0.2) is 30.5 Å². The van der Waals surface area contributed by atoms with E-state index in [1.807, 2.05) is 25.2 Å². The van der Waals surface area contributed by atoms with Crippen LogP contribution in [-0.2, 0) is 0 Å². The Kier molecular flexibility index (Phi) is 3.13. The Balaban J connectivity index is 2.33. The van der Waals surface area contributed by atoms with Crippen LogP contribution in [0.1, 0.15) is 5.82 Å². The molecule has 0 atom stereocenters. The molecule has 1 aromatic carbocycles. The van der Waals surface area contributed by atoms with Crippen LogP contribution >= 0.6 is 0 Å². The predicted molar refractivity (Wildman–Crippen MR) is 61.8 cm³/mol. The molecule has 88 valence electrons. The van der Waals surface area contributed by atoms with E-state index < -0.39 is 0 Å². The summed E-state index contributed by atoms with van der Waals surface area (Å²) in [6.07, 6.45) is 3.62. The Morgan fingerprint density at radius 2 is 1.94 bits per heavy atom. The van der Waals surface area contributed by atoms with Gasteiger partial charge in [0.25, 0.3) is 0 Å². The van der Waals surface area contributed by atoms with Gasteiger partial charge in [0, 0.05) is 26.4 Å². The fraction of sp³-hybridized carbons (Fsp3) is 0.182. The molecular formula is C11H12FN5. The zero-order chi connectivity index (χ0) is 12.3. The average molecular weight is 233 g/mol. The van der Waals surface area contributed by atoms with E-state index in [1.165, 1.54) is 12.1 Å². The molecule has 0 saturated carbocycles. The predicted octanol–water partition coefficient (Wildman–Crippen LogP) is 1.33. The third kappa shape index (κ3) is 2.66. The van der Waals surface area contributed by atoms with Gasteiger partial charge >= 0.3 is 0 Å². The maximum absolute atomic E-state index is 12.8. The maximum atomic E-state index is 12.8. The lowest BCUT2D eigenvalue weighted by atomic mass is 10.3. The van der Waals surface area contributed by atoms with Crippen molar-refractivity contribution < 1.29 is 4.39 Å². The molecule has 5 nitrogen and oxygen atoms in total.